The Balaban J connectivity index is 1.03. The van der Waals surface area contributed by atoms with Gasteiger partial charge < -0.3 is 55.6 Å². The van der Waals surface area contributed by atoms with Crippen molar-refractivity contribution in [1.29, 1.82) is 0 Å². The predicted octanol–water partition coefficient (Wildman–Crippen LogP) is 5.27. The standard InChI is InChI=1S/C51H74IN9O12/c1-10-13-14-15-29(6)36-23-34-44(53-27-54-47(34)73-36)59-48-43(66)42(65)41(31(8)72-48)58-38(63)25-60(9)50(70)71-26-32-16-18-33(19-17-32)56-45(67)30(7)55-46(68)40(28(4)5)57-37(62)20-22-61-39(64)24-35(49(61)69)51(52,12-3)21-11-2/h16-19,23,27-31,35,40-43,48,65-66H,10-15,20-22,24-26H2,1-9H3,(H,55,68)(H,56,67)(H,57,62)(H,58,63)(H,53,54,59)/t29?,30-,31-,35?,40-,41-,42+,43+,48-,51?/m0/s1. The van der Waals surface area contributed by atoms with Gasteiger partial charge in [0.25, 0.3) is 0 Å². The molecule has 10 atom stereocenters. The summed E-state index contributed by atoms with van der Waals surface area (Å²) < 4.78 is 17.1. The number of furan rings is 1. The van der Waals surface area contributed by atoms with Crippen LogP contribution in [-0.2, 0) is 44.8 Å². The third-order valence-electron chi connectivity index (χ3n) is 13.6. The predicted molar refractivity (Wildman–Crippen MR) is 280 cm³/mol. The van der Waals surface area contributed by atoms with Crippen molar-refractivity contribution in [2.24, 2.45) is 11.8 Å². The van der Waals surface area contributed by atoms with Gasteiger partial charge in [-0.05, 0) is 62.8 Å². The van der Waals surface area contributed by atoms with Gasteiger partial charge in [0, 0.05) is 41.5 Å². The summed E-state index contributed by atoms with van der Waals surface area (Å²) in [5, 5.41) is 36.6. The molecule has 7 N–H and O–H groups in total. The lowest BCUT2D eigenvalue weighted by molar-refractivity contribution is -0.172. The molecule has 2 aromatic heterocycles. The van der Waals surface area contributed by atoms with E-state index in [0.29, 0.717) is 28.2 Å². The molecule has 22 heteroatoms. The molecular weight excluding hydrogens is 1060 g/mol. The first-order valence-electron chi connectivity index (χ1n) is 25.3. The van der Waals surface area contributed by atoms with Crippen LogP contribution >= 0.6 is 22.6 Å². The Hall–Kier alpha value is -5.46. The number of ether oxygens (including phenoxy) is 2. The zero-order valence-electron chi connectivity index (χ0n) is 43.4. The number of fused-ring (bicyclic) bond motifs is 1. The fraction of sp³-hybridized carbons (Fsp3) is 0.627. The second kappa shape index (κ2) is 26.7. The van der Waals surface area contributed by atoms with Crippen LogP contribution in [0.5, 0.6) is 0 Å². The summed E-state index contributed by atoms with van der Waals surface area (Å²) in [6, 6.07) is 5.25. The van der Waals surface area contributed by atoms with E-state index in [-0.39, 0.29) is 53.1 Å². The van der Waals surface area contributed by atoms with Crippen LogP contribution in [0.15, 0.2) is 41.1 Å². The fourth-order valence-electron chi connectivity index (χ4n) is 9.00. The van der Waals surface area contributed by atoms with Crippen LogP contribution in [0.2, 0.25) is 0 Å². The highest BCUT2D eigenvalue weighted by Gasteiger charge is 2.49. The van der Waals surface area contributed by atoms with E-state index in [2.05, 4.69) is 73.0 Å². The number of aliphatic hydroxyl groups is 2. The van der Waals surface area contributed by atoms with Gasteiger partial charge in [-0.3, -0.25) is 33.7 Å². The second-order valence-corrected chi connectivity index (χ2v) is 21.8. The van der Waals surface area contributed by atoms with Gasteiger partial charge in [-0.25, -0.2) is 14.8 Å². The number of anilines is 2. The average molecular weight is 1130 g/mol. The maximum absolute atomic E-state index is 13.3. The number of aromatic nitrogens is 2. The van der Waals surface area contributed by atoms with E-state index in [0.717, 1.165) is 60.5 Å². The van der Waals surface area contributed by atoms with Gasteiger partial charge in [0.1, 0.15) is 55.3 Å². The SMILES string of the molecule is CCCCCC(C)c1cc2c(N[C@H]3O[C@@H](C)[C@H](NC(=O)CN(C)C(=O)OCc4ccc(NC(=O)[C@H](C)NC(=O)[C@@H](NC(=O)CCN5C(=O)CC(C(I)(CC)CCC)C5=O)C(C)C)cc4)[C@@H](O)[C@H]3O)ncnc2o1. The summed E-state index contributed by atoms with van der Waals surface area (Å²) in [7, 11) is 1.37. The first-order chi connectivity index (χ1) is 34.6. The molecule has 2 fully saturated rings. The Kier molecular flexibility index (Phi) is 21.3. The lowest BCUT2D eigenvalue weighted by atomic mass is 9.85. The maximum atomic E-state index is 13.3. The number of nitrogens with zero attached hydrogens (tertiary/aromatic N) is 4. The minimum absolute atomic E-state index is 0.0925. The van der Waals surface area contributed by atoms with E-state index in [1.165, 1.54) is 20.3 Å². The average Bonchev–Trinajstić information content (AvgIpc) is 3.93. The van der Waals surface area contributed by atoms with E-state index in [4.69, 9.17) is 13.9 Å². The van der Waals surface area contributed by atoms with Gasteiger partial charge in [-0.2, -0.15) is 0 Å². The van der Waals surface area contributed by atoms with Crippen LogP contribution in [0, 0.1) is 11.8 Å². The molecule has 5 rings (SSSR count). The number of halogens is 1. The highest BCUT2D eigenvalue weighted by Crippen LogP contribution is 2.42. The number of likely N-dealkylation sites (N-methyl/N-ethyl adjacent to an activating group) is 1. The molecule has 0 aliphatic carbocycles. The van der Waals surface area contributed by atoms with Crippen molar-refractivity contribution in [3.05, 3.63) is 48.0 Å². The Morgan fingerprint density at radius 2 is 1.67 bits per heavy atom. The number of aliphatic hydroxyl groups excluding tert-OH is 2. The summed E-state index contributed by atoms with van der Waals surface area (Å²) >= 11 is 2.30. The van der Waals surface area contributed by atoms with Crippen molar-refractivity contribution < 1.29 is 57.7 Å². The van der Waals surface area contributed by atoms with Crippen LogP contribution in [-0.4, -0.2) is 138 Å². The van der Waals surface area contributed by atoms with Crippen LogP contribution < -0.4 is 26.6 Å². The topological polar surface area (TPSA) is 284 Å². The number of hydrogen-bond acceptors (Lipinski definition) is 15. The largest absolute Gasteiger partial charge is 0.445 e. The highest BCUT2D eigenvalue weighted by atomic mass is 127. The molecule has 0 saturated carbocycles. The maximum Gasteiger partial charge on any atom is 0.410 e. The van der Waals surface area contributed by atoms with E-state index in [9.17, 15) is 43.8 Å². The molecule has 2 saturated heterocycles. The Labute approximate surface area is 440 Å². The number of carbonyl (C=O) groups is 7. The van der Waals surface area contributed by atoms with Crippen molar-refractivity contribution in [3.8, 4) is 0 Å². The molecule has 1 aromatic carbocycles. The highest BCUT2D eigenvalue weighted by molar-refractivity contribution is 14.1. The Morgan fingerprint density at radius 1 is 0.959 bits per heavy atom. The van der Waals surface area contributed by atoms with E-state index in [1.807, 2.05) is 19.9 Å². The molecule has 73 heavy (non-hydrogen) atoms. The number of unbranched alkanes of at least 4 members (excludes halogenated alkanes) is 2. The third-order valence-corrected chi connectivity index (χ3v) is 15.6. The van der Waals surface area contributed by atoms with Gasteiger partial charge in [0.05, 0.1) is 23.4 Å². The zero-order valence-corrected chi connectivity index (χ0v) is 45.5. The van der Waals surface area contributed by atoms with E-state index < -0.39 is 84.8 Å². The van der Waals surface area contributed by atoms with Gasteiger partial charge in [0.15, 0.2) is 6.23 Å². The molecule has 402 valence electrons. The normalized spacial score (nSPS) is 22.0. The van der Waals surface area contributed by atoms with Crippen LogP contribution in [0.25, 0.3) is 11.1 Å². The van der Waals surface area contributed by atoms with Gasteiger partial charge in [-0.1, -0.05) is 102 Å². The number of nitrogens with one attached hydrogen (secondary N) is 5. The summed E-state index contributed by atoms with van der Waals surface area (Å²) in [5.74, 6) is -2.36. The van der Waals surface area contributed by atoms with Gasteiger partial charge in [-0.15, -0.1) is 0 Å². The molecule has 7 amide bonds. The molecule has 2 aliphatic rings. The summed E-state index contributed by atoms with van der Waals surface area (Å²) in [6.45, 7) is 14.2. The number of likely N-dealkylation sites (tertiary alicyclic amines) is 1. The molecule has 0 bridgehead atoms. The quantitative estimate of drug-likeness (QED) is 0.0246. The van der Waals surface area contributed by atoms with Gasteiger partial charge >= 0.3 is 6.09 Å². The van der Waals surface area contributed by atoms with Crippen LogP contribution in [0.1, 0.15) is 130 Å². The molecule has 0 radical (unpaired) electrons. The van der Waals surface area contributed by atoms with E-state index in [1.54, 1.807) is 45.0 Å². The van der Waals surface area contributed by atoms with Gasteiger partial charge in [0.2, 0.25) is 41.2 Å². The zero-order chi connectivity index (χ0) is 53.7. The van der Waals surface area contributed by atoms with Crippen molar-refractivity contribution >= 4 is 86.7 Å². The van der Waals surface area contributed by atoms with Crippen LogP contribution in [0.3, 0.4) is 0 Å². The van der Waals surface area contributed by atoms with Crippen LogP contribution in [0.4, 0.5) is 16.3 Å². The number of rotatable bonds is 25. The molecule has 21 nitrogen and oxygen atoms in total. The minimum Gasteiger partial charge on any atom is -0.445 e. The van der Waals surface area contributed by atoms with Crippen molar-refractivity contribution in [3.63, 3.8) is 0 Å². The first kappa shape index (κ1) is 58.4. The number of carbonyl (C=O) groups excluding carboxylic acids is 7. The third kappa shape index (κ3) is 15.3. The number of benzene rings is 1. The van der Waals surface area contributed by atoms with E-state index >= 15 is 0 Å². The number of amides is 7. The molecule has 2 aliphatic heterocycles. The Bertz CT molecular complexity index is 2400. The molecule has 3 unspecified atom stereocenters. The summed E-state index contributed by atoms with van der Waals surface area (Å²) in [5.41, 5.74) is 1.33. The number of imide groups is 1. The monoisotopic (exact) mass is 1130 g/mol. The lowest BCUT2D eigenvalue weighted by Crippen LogP contribution is -2.64. The fourth-order valence-corrected chi connectivity index (χ4v) is 10.0. The molecule has 0 spiro atoms. The minimum atomic E-state index is -1.48. The van der Waals surface area contributed by atoms with Crippen molar-refractivity contribution in [2.45, 2.75) is 172 Å². The number of hydrogen-bond donors (Lipinski definition) is 7. The van der Waals surface area contributed by atoms with Crippen molar-refractivity contribution in [2.75, 3.05) is 30.8 Å². The Morgan fingerprint density at radius 3 is 2.33 bits per heavy atom. The number of alkyl halides is 1. The lowest BCUT2D eigenvalue weighted by Gasteiger charge is -2.42. The molecule has 3 aromatic rings. The summed E-state index contributed by atoms with van der Waals surface area (Å²) in [6.07, 6.45) is 2.34. The molecule has 4 heterocycles. The second-order valence-electron chi connectivity index (χ2n) is 19.6. The smallest absolute Gasteiger partial charge is 0.410 e. The summed E-state index contributed by atoms with van der Waals surface area (Å²) in [4.78, 5) is 102. The first-order valence-corrected chi connectivity index (χ1v) is 26.4. The van der Waals surface area contributed by atoms with Crippen molar-refractivity contribution in [1.82, 2.24) is 35.7 Å². The molecular formula is C51H74IN9O12.